The van der Waals surface area contributed by atoms with Crippen molar-refractivity contribution in [1.29, 1.82) is 5.26 Å². The summed E-state index contributed by atoms with van der Waals surface area (Å²) in [7, 11) is 8.76. The van der Waals surface area contributed by atoms with Crippen molar-refractivity contribution in [2.45, 2.75) is 74.3 Å². The number of nitriles is 1. The van der Waals surface area contributed by atoms with E-state index in [0.29, 0.717) is 62.0 Å². The van der Waals surface area contributed by atoms with Crippen LogP contribution in [0.25, 0.3) is 39.0 Å². The Labute approximate surface area is 999 Å². The van der Waals surface area contributed by atoms with Crippen molar-refractivity contribution in [3.05, 3.63) is 423 Å². The summed E-state index contributed by atoms with van der Waals surface area (Å²) in [5, 5.41) is 53.5. The molecular formula is C97H78ClF7N26O12Y6-6. The normalized spacial score (nSPS) is 10.2. The smallest absolute Gasteiger partial charge is 0.368 e. The third-order valence-corrected chi connectivity index (χ3v) is 20.8. The molecular weight excluding hydrogens is 2420 g/mol. The summed E-state index contributed by atoms with van der Waals surface area (Å²) in [4.78, 5) is 75.3. The molecule has 18 aromatic rings. The van der Waals surface area contributed by atoms with Crippen molar-refractivity contribution in [3.8, 4) is 74.7 Å². The van der Waals surface area contributed by atoms with Crippen molar-refractivity contribution in [3.63, 3.8) is 0 Å². The number of ether oxygens (including phenoxy) is 6. The maximum absolute atomic E-state index is 14.3. The van der Waals surface area contributed by atoms with Gasteiger partial charge in [0.2, 0.25) is 0 Å². The number of aromatic nitrogens is 24. The number of tetrazole rings is 6. The standard InChI is InChI=1S/C17H13FN5O2.C16H13ClFN4O2.C16H13F2N4O2.C16H11FN5O2.2C16H14FN4O2.6Y/c1-11-6-7-12(9-19)8-16(11)25-10-13-14(18)4-3-5-15(13)23-17(24)22(2)20-21-23;2*1-10-6-7-11(17)8-15(10)24-9-12-13(18)4-3-5-14(12)22-16(23)21(2)19-20-22;1-18-11-5-3-6-12(9-11)24-10-13-14(17)7-4-8-15(13)22-16(23)21(2)19-20-22;2*1-11-5-3-6-12(9-11)23-10-13-14(17)7-4-8-15(13)21-16(22)20(2)18-19-21;;;;;;/h3-6,8H,10H2,1-2H3;2*3-6,8H,9H2,1-2H3;3-4,6-9H,10H2,2H3;2*3-4,6-9H,10H2,1-2H3;;;;;;/q6*-1;;;;;;. The van der Waals surface area contributed by atoms with E-state index in [1.165, 1.54) is 145 Å². The first-order valence-electron chi connectivity index (χ1n) is 42.2. The zero-order valence-electron chi connectivity index (χ0n) is 80.8. The molecule has 0 saturated heterocycles. The third-order valence-electron chi connectivity index (χ3n) is 20.6. The number of nitrogens with zero attached hydrogens (tertiary/aromatic N) is 26. The Morgan fingerprint density at radius 2 is 0.570 bits per heavy atom. The van der Waals surface area contributed by atoms with E-state index < -0.39 is 74.9 Å². The Kier molecular flexibility index (Phi) is 48.6. The predicted molar refractivity (Wildman–Crippen MR) is 497 cm³/mol. The topological polar surface area (TPSA) is 400 Å². The first-order valence-corrected chi connectivity index (χ1v) is 42.6. The van der Waals surface area contributed by atoms with Gasteiger partial charge in [-0.1, -0.05) is 99.3 Å². The SMILES string of the molecule is Cc1[c-]ccc(OCc2c(F)cccc2-n2nnn(C)c2=O)c1.Cc1[c-]ccc(OCc2c(F)cccc2-n2nnn(C)c2=O)c1.Cc1c[c-]c(C#N)cc1OCc1c(F)cccc1-n1nnn(C)c1=O.Cc1c[c-]c(Cl)cc1OCc1c(F)cccc1-n1nnn(C)c1=O.Cc1c[c-]c(F)cc1OCc1c(F)cccc1-n1nnn(C)c1=O.[C-]#[N+]c1[c-]ccc(OCc2c(F)cccc2-n2nnn(C)c2=O)c1.[Y].[Y].[Y].[Y].[Y].[Y]. The summed E-state index contributed by atoms with van der Waals surface area (Å²) < 4.78 is 145. The maximum Gasteiger partial charge on any atom is 0.368 e. The van der Waals surface area contributed by atoms with Gasteiger partial charge in [-0.2, -0.15) is 122 Å². The van der Waals surface area contributed by atoms with Gasteiger partial charge >= 0.3 is 34.1 Å². The number of hydrogen-bond donors (Lipinski definition) is 0. The Morgan fingerprint density at radius 1 is 0.322 bits per heavy atom. The molecule has 12 aromatic carbocycles. The molecule has 6 aromatic heterocycles. The minimum atomic E-state index is -0.575. The van der Waals surface area contributed by atoms with Gasteiger partial charge in [0.15, 0.2) is 0 Å². The molecule has 0 fully saturated rings. The Morgan fingerprint density at radius 3 is 0.832 bits per heavy atom. The summed E-state index contributed by atoms with van der Waals surface area (Å²) >= 11 is 5.90. The average molecular weight is 2500 g/mol. The number of hydrogen-bond acceptors (Lipinski definition) is 25. The van der Waals surface area contributed by atoms with E-state index in [4.69, 9.17) is 51.9 Å². The Bertz CT molecular complexity index is 7880. The van der Waals surface area contributed by atoms with Gasteiger partial charge in [0.25, 0.3) is 0 Å². The molecule has 0 bridgehead atoms. The molecule has 0 unspecified atom stereocenters. The summed E-state index contributed by atoms with van der Waals surface area (Å²) in [6.07, 6.45) is 0. The maximum atomic E-state index is 14.3. The van der Waals surface area contributed by atoms with Gasteiger partial charge in [-0.25, -0.2) is 59.5 Å². The minimum Gasteiger partial charge on any atom is -0.515 e. The molecule has 0 aliphatic heterocycles. The van der Waals surface area contributed by atoms with E-state index in [0.717, 1.165) is 78.4 Å². The van der Waals surface area contributed by atoms with Gasteiger partial charge in [-0.3, -0.25) is 10.1 Å². The number of rotatable bonds is 24. The fraction of sp³-hybridized carbons (Fsp3) is 0.175. The van der Waals surface area contributed by atoms with E-state index in [1.54, 1.807) is 111 Å². The molecule has 0 N–H and O–H groups in total. The average Bonchev–Trinajstić information content (AvgIpc) is 1.77. The van der Waals surface area contributed by atoms with Crippen LogP contribution in [0.15, 0.2) is 229 Å². The second-order valence-corrected chi connectivity index (χ2v) is 30.9. The van der Waals surface area contributed by atoms with Crippen LogP contribution in [0.5, 0.6) is 34.5 Å². The minimum absolute atomic E-state index is 0. The predicted octanol–water partition coefficient (Wildman–Crippen LogP) is 11.6. The molecule has 0 aliphatic carbocycles. The van der Waals surface area contributed by atoms with E-state index in [2.05, 4.69) is 104 Å². The molecule has 0 spiro atoms. The van der Waals surface area contributed by atoms with Crippen molar-refractivity contribution in [1.82, 2.24) is 119 Å². The van der Waals surface area contributed by atoms with Crippen LogP contribution >= 0.6 is 11.6 Å². The third kappa shape index (κ3) is 31.9. The van der Waals surface area contributed by atoms with Crippen LogP contribution in [-0.2, 0) is 278 Å². The Hall–Kier alpha value is -11.9. The molecule has 0 atom stereocenters. The van der Waals surface area contributed by atoms with E-state index in [1.807, 2.05) is 26.8 Å². The van der Waals surface area contributed by atoms with Crippen LogP contribution in [0.3, 0.4) is 0 Å². The fourth-order valence-corrected chi connectivity index (χ4v) is 13.2. The molecule has 0 aliphatic rings. The van der Waals surface area contributed by atoms with Gasteiger partial charge in [0.05, 0.1) is 79.8 Å². The zero-order chi connectivity index (χ0) is 102. The fourth-order valence-electron chi connectivity index (χ4n) is 13.0. The summed E-state index contributed by atoms with van der Waals surface area (Å²) in [5.41, 5.74) is 4.51. The van der Waals surface area contributed by atoms with Crippen LogP contribution in [0.1, 0.15) is 66.8 Å². The van der Waals surface area contributed by atoms with Gasteiger partial charge in [0.1, 0.15) is 74.5 Å². The molecule has 0 saturated carbocycles. The van der Waals surface area contributed by atoms with E-state index >= 15 is 0 Å². The largest absolute Gasteiger partial charge is 0.515 e. The second-order valence-electron chi connectivity index (χ2n) is 30.5. The van der Waals surface area contributed by atoms with Crippen molar-refractivity contribution in [2.75, 3.05) is 0 Å². The van der Waals surface area contributed by atoms with Gasteiger partial charge in [0, 0.05) is 279 Å². The van der Waals surface area contributed by atoms with E-state index in [9.17, 15) is 59.5 Å². The van der Waals surface area contributed by atoms with Crippen LogP contribution < -0.4 is 62.6 Å². The number of halogens is 8. The molecule has 0 amide bonds. The van der Waals surface area contributed by atoms with E-state index in [-0.39, 0.29) is 298 Å². The summed E-state index contributed by atoms with van der Waals surface area (Å²) in [6.45, 7) is 15.5. The van der Waals surface area contributed by atoms with Crippen LogP contribution in [-0.4, -0.2) is 119 Å². The first kappa shape index (κ1) is 124. The molecule has 38 nitrogen and oxygen atoms in total. The van der Waals surface area contributed by atoms with Crippen molar-refractivity contribution < 1.29 is 255 Å². The van der Waals surface area contributed by atoms with Crippen molar-refractivity contribution >= 4 is 17.3 Å². The Balaban J connectivity index is 0.000000240. The van der Waals surface area contributed by atoms with Crippen molar-refractivity contribution in [2.24, 2.45) is 42.3 Å². The summed E-state index contributed by atoms with van der Waals surface area (Å²) in [5.74, 6) is -0.824. The summed E-state index contributed by atoms with van der Waals surface area (Å²) in [6, 6.07) is 69.1. The van der Waals surface area contributed by atoms with Gasteiger partial charge in [-0.05, 0) is 141 Å². The van der Waals surface area contributed by atoms with Gasteiger partial charge < -0.3 is 28.4 Å². The molecule has 52 heteroatoms. The molecule has 6 radical (unpaired) electrons. The monoisotopic (exact) mass is 2500 g/mol. The molecule has 18 rings (SSSR count). The molecule has 748 valence electrons. The quantitative estimate of drug-likeness (QED) is 0.0400. The number of aryl methyl sites for hydroxylation is 11. The van der Waals surface area contributed by atoms with Crippen LogP contribution in [0.4, 0.5) is 36.4 Å². The van der Waals surface area contributed by atoms with Crippen LogP contribution in [0, 0.1) is 130 Å². The van der Waals surface area contributed by atoms with Crippen LogP contribution in [0.2, 0.25) is 5.02 Å². The number of benzene rings is 12. The molecule has 149 heavy (non-hydrogen) atoms. The first-order chi connectivity index (χ1) is 68.7. The second kappa shape index (κ2) is 58.5. The zero-order valence-corrected chi connectivity index (χ0v) is 98.6. The van der Waals surface area contributed by atoms with Gasteiger partial charge in [-0.15, -0.1) is 83.4 Å². The molecule has 6 heterocycles.